The summed E-state index contributed by atoms with van der Waals surface area (Å²) < 4.78 is 13.3. The van der Waals surface area contributed by atoms with Gasteiger partial charge in [-0.25, -0.2) is 4.39 Å². The molecule has 0 bridgehead atoms. The first kappa shape index (κ1) is 25.6. The zero-order chi connectivity index (χ0) is 25.8. The van der Waals surface area contributed by atoms with Crippen molar-refractivity contribution in [3.8, 4) is 0 Å². The summed E-state index contributed by atoms with van der Waals surface area (Å²) in [6.07, 6.45) is 0.432. The van der Waals surface area contributed by atoms with Crippen LogP contribution in [0.5, 0.6) is 0 Å². The van der Waals surface area contributed by atoms with Gasteiger partial charge in [-0.15, -0.1) is 0 Å². The number of likely N-dealkylation sites (tertiary alicyclic amines) is 1. The summed E-state index contributed by atoms with van der Waals surface area (Å²) in [7, 11) is 3.42. The van der Waals surface area contributed by atoms with E-state index in [0.717, 1.165) is 11.3 Å². The van der Waals surface area contributed by atoms with Gasteiger partial charge in [0.25, 0.3) is 0 Å². The monoisotopic (exact) mass is 495 g/mol. The predicted octanol–water partition coefficient (Wildman–Crippen LogP) is 1.88. The lowest BCUT2D eigenvalue weighted by molar-refractivity contribution is -0.138. The third-order valence-electron chi connectivity index (χ3n) is 7.01. The third-order valence-corrected chi connectivity index (χ3v) is 7.01. The number of nitrogens with zero attached hydrogens (tertiary/aromatic N) is 4. The van der Waals surface area contributed by atoms with Crippen LogP contribution in [0.1, 0.15) is 24.9 Å². The number of hydrogen-bond acceptors (Lipinski definition) is 5. The molecule has 2 aromatic carbocycles. The van der Waals surface area contributed by atoms with E-state index in [1.807, 2.05) is 40.1 Å². The van der Waals surface area contributed by atoms with Crippen LogP contribution in [-0.2, 0) is 14.4 Å². The van der Waals surface area contributed by atoms with E-state index in [9.17, 15) is 18.8 Å². The van der Waals surface area contributed by atoms with Crippen LogP contribution in [0.25, 0.3) is 0 Å². The summed E-state index contributed by atoms with van der Waals surface area (Å²) in [4.78, 5) is 46.1. The van der Waals surface area contributed by atoms with E-state index in [4.69, 9.17) is 0 Å². The van der Waals surface area contributed by atoms with Crippen LogP contribution >= 0.6 is 0 Å². The average molecular weight is 496 g/mol. The average Bonchev–Trinajstić information content (AvgIpc) is 3.21. The van der Waals surface area contributed by atoms with Crippen molar-refractivity contribution in [3.05, 3.63) is 66.0 Å². The summed E-state index contributed by atoms with van der Waals surface area (Å²) in [5.41, 5.74) is 1.89. The van der Waals surface area contributed by atoms with Crippen molar-refractivity contribution in [1.29, 1.82) is 0 Å². The maximum absolute atomic E-state index is 13.5. The smallest absolute Gasteiger partial charge is 0.239 e. The summed E-state index contributed by atoms with van der Waals surface area (Å²) >= 11 is 0. The summed E-state index contributed by atoms with van der Waals surface area (Å²) in [6.45, 7) is 3.93. The Hall–Kier alpha value is -3.46. The van der Waals surface area contributed by atoms with Gasteiger partial charge in [0.05, 0.1) is 24.7 Å². The fraction of sp³-hybridized carbons (Fsp3) is 0.444. The van der Waals surface area contributed by atoms with Gasteiger partial charge in [0.1, 0.15) is 5.82 Å². The van der Waals surface area contributed by atoms with Gasteiger partial charge >= 0.3 is 0 Å². The fourth-order valence-corrected chi connectivity index (χ4v) is 5.27. The molecule has 2 saturated heterocycles. The van der Waals surface area contributed by atoms with Gasteiger partial charge in [-0.05, 0) is 36.2 Å². The Balaban J connectivity index is 1.52. The van der Waals surface area contributed by atoms with Crippen molar-refractivity contribution in [1.82, 2.24) is 20.0 Å². The van der Waals surface area contributed by atoms with Crippen LogP contribution in [0.3, 0.4) is 0 Å². The maximum atomic E-state index is 13.5. The van der Waals surface area contributed by atoms with E-state index in [1.54, 1.807) is 31.1 Å². The molecule has 0 saturated carbocycles. The zero-order valence-corrected chi connectivity index (χ0v) is 21.1. The van der Waals surface area contributed by atoms with E-state index in [0.29, 0.717) is 32.6 Å². The van der Waals surface area contributed by atoms with Crippen molar-refractivity contribution in [2.45, 2.75) is 31.5 Å². The molecular formula is C27H34FN5O3. The van der Waals surface area contributed by atoms with Crippen LogP contribution in [0, 0.1) is 5.82 Å². The summed E-state index contributed by atoms with van der Waals surface area (Å²) in [5, 5.41) is 3.02. The van der Waals surface area contributed by atoms with Crippen molar-refractivity contribution in [2.75, 3.05) is 51.7 Å². The van der Waals surface area contributed by atoms with E-state index >= 15 is 0 Å². The molecule has 36 heavy (non-hydrogen) atoms. The number of likely N-dealkylation sites (N-methyl/N-ethyl adjacent to an activating group) is 1. The number of anilines is 1. The molecule has 9 heteroatoms. The predicted molar refractivity (Wildman–Crippen MR) is 136 cm³/mol. The molecule has 0 unspecified atom stereocenters. The van der Waals surface area contributed by atoms with Crippen LogP contribution in [0.2, 0.25) is 0 Å². The number of piperazine rings is 1. The van der Waals surface area contributed by atoms with Gasteiger partial charge in [-0.3, -0.25) is 19.3 Å². The molecule has 2 aliphatic heterocycles. The molecule has 192 valence electrons. The molecule has 3 amide bonds. The van der Waals surface area contributed by atoms with Crippen LogP contribution in [-0.4, -0.2) is 91.3 Å². The molecule has 2 aromatic rings. The number of amides is 3. The molecule has 4 rings (SSSR count). The van der Waals surface area contributed by atoms with E-state index < -0.39 is 6.04 Å². The van der Waals surface area contributed by atoms with Crippen molar-refractivity contribution < 1.29 is 18.8 Å². The number of carbonyl (C=O) groups excluding carboxylic acids is 3. The lowest BCUT2D eigenvalue weighted by Gasteiger charge is -2.38. The molecule has 0 spiro atoms. The Morgan fingerprint density at radius 1 is 0.972 bits per heavy atom. The summed E-state index contributed by atoms with van der Waals surface area (Å²) in [6, 6.07) is 15.0. The highest BCUT2D eigenvalue weighted by Crippen LogP contribution is 2.37. The number of rotatable bonds is 6. The quantitative estimate of drug-likeness (QED) is 0.663. The molecule has 2 heterocycles. The topological polar surface area (TPSA) is 76.2 Å². The number of halogens is 1. The molecular weight excluding hydrogens is 461 g/mol. The van der Waals surface area contributed by atoms with Gasteiger partial charge in [0, 0.05) is 52.9 Å². The minimum Gasteiger partial charge on any atom is -0.368 e. The Bertz CT molecular complexity index is 1070. The normalized spacial score (nSPS) is 22.4. The van der Waals surface area contributed by atoms with Gasteiger partial charge in [0.15, 0.2) is 0 Å². The molecule has 2 fully saturated rings. The highest BCUT2D eigenvalue weighted by Gasteiger charge is 2.47. The minimum atomic E-state index is -0.522. The Labute approximate surface area is 211 Å². The first-order valence-electron chi connectivity index (χ1n) is 12.3. The van der Waals surface area contributed by atoms with Gasteiger partial charge < -0.3 is 20.0 Å². The largest absolute Gasteiger partial charge is 0.368 e. The van der Waals surface area contributed by atoms with Crippen molar-refractivity contribution in [2.24, 2.45) is 0 Å². The van der Waals surface area contributed by atoms with Crippen LogP contribution in [0.15, 0.2) is 54.6 Å². The second kappa shape index (κ2) is 11.1. The molecule has 0 aliphatic carbocycles. The molecule has 3 atom stereocenters. The highest BCUT2D eigenvalue weighted by molar-refractivity contribution is 5.84. The zero-order valence-electron chi connectivity index (χ0n) is 21.1. The molecule has 1 N–H and O–H groups in total. The number of hydrogen-bond donors (Lipinski definition) is 1. The molecule has 2 aliphatic rings. The van der Waals surface area contributed by atoms with Crippen LogP contribution < -0.4 is 10.2 Å². The van der Waals surface area contributed by atoms with Gasteiger partial charge in [-0.1, -0.05) is 30.3 Å². The maximum Gasteiger partial charge on any atom is 0.239 e. The van der Waals surface area contributed by atoms with E-state index in [1.165, 1.54) is 19.1 Å². The van der Waals surface area contributed by atoms with Gasteiger partial charge in [0.2, 0.25) is 17.7 Å². The summed E-state index contributed by atoms with van der Waals surface area (Å²) in [5.74, 6) is -0.569. The van der Waals surface area contributed by atoms with Gasteiger partial charge in [-0.2, -0.15) is 0 Å². The highest BCUT2D eigenvalue weighted by atomic mass is 19.1. The molecule has 8 nitrogen and oxygen atoms in total. The first-order chi connectivity index (χ1) is 17.2. The third kappa shape index (κ3) is 5.67. The standard InChI is InChI=1S/C27H34FN5O3/c1-19(34)29-23-17-24(27(36)30(2)3)33(26(23)20-7-5-4-6-8-20)18-25(35)32-15-13-31(14-16-32)22-11-9-21(28)10-12-22/h4-12,23-24,26H,13-18H2,1-3H3,(H,29,34)/t23-,24-,26-/m0/s1. The lowest BCUT2D eigenvalue weighted by Crippen LogP contribution is -2.53. The minimum absolute atomic E-state index is 0.0466. The molecule has 0 aromatic heterocycles. The second-order valence-electron chi connectivity index (χ2n) is 9.66. The molecule has 0 radical (unpaired) electrons. The fourth-order valence-electron chi connectivity index (χ4n) is 5.27. The Kier molecular flexibility index (Phi) is 7.88. The number of nitrogens with one attached hydrogen (secondary N) is 1. The number of benzene rings is 2. The number of carbonyl (C=O) groups is 3. The van der Waals surface area contributed by atoms with E-state index in [2.05, 4.69) is 10.2 Å². The second-order valence-corrected chi connectivity index (χ2v) is 9.66. The van der Waals surface area contributed by atoms with E-state index in [-0.39, 0.29) is 42.2 Å². The lowest BCUT2D eigenvalue weighted by atomic mass is 9.99. The van der Waals surface area contributed by atoms with Crippen LogP contribution in [0.4, 0.5) is 10.1 Å². The van der Waals surface area contributed by atoms with Crippen molar-refractivity contribution >= 4 is 23.4 Å². The SMILES string of the molecule is CC(=O)N[C@H]1C[C@@H](C(=O)N(C)C)N(CC(=O)N2CCN(c3ccc(F)cc3)CC2)[C@H]1c1ccccc1. The Morgan fingerprint density at radius 3 is 2.19 bits per heavy atom. The first-order valence-corrected chi connectivity index (χ1v) is 12.3. The van der Waals surface area contributed by atoms with Crippen molar-refractivity contribution in [3.63, 3.8) is 0 Å². The Morgan fingerprint density at radius 2 is 1.61 bits per heavy atom.